The van der Waals surface area contributed by atoms with E-state index in [-0.39, 0.29) is 0 Å². The molecule has 0 aliphatic heterocycles. The molecule has 1 N–H and O–H groups in total. The third kappa shape index (κ3) is 9.48. The molecule has 1 fully saturated rings. The third-order valence-corrected chi connectivity index (χ3v) is 5.46. The lowest BCUT2D eigenvalue weighted by Crippen LogP contribution is -2.07. The summed E-state index contributed by atoms with van der Waals surface area (Å²) in [6, 6.07) is 0. The second-order valence-corrected chi connectivity index (χ2v) is 7.35. The van der Waals surface area contributed by atoms with Crippen molar-refractivity contribution in [3.05, 3.63) is 0 Å². The fourth-order valence-corrected chi connectivity index (χ4v) is 4.08. The highest BCUT2D eigenvalue weighted by molar-refractivity contribution is 5.66. The standard InChI is InChI=1S/C20H38O2/c1-2-3-13-18-15-12-16-19(18)14-10-8-6-4-5-7-9-11-17-20(21)22/h18-19H,2-17H2,1H3,(H,21,22). The molecule has 0 saturated heterocycles. The van der Waals surface area contributed by atoms with Crippen molar-refractivity contribution in [3.8, 4) is 0 Å². The molecule has 1 rings (SSSR count). The maximum atomic E-state index is 10.4. The average molecular weight is 311 g/mol. The minimum atomic E-state index is -0.649. The number of unbranched alkanes of at least 4 members (excludes halogenated alkanes) is 8. The van der Waals surface area contributed by atoms with Crippen molar-refractivity contribution in [2.45, 2.75) is 110 Å². The number of hydrogen-bond acceptors (Lipinski definition) is 1. The lowest BCUT2D eigenvalue weighted by atomic mass is 9.87. The van der Waals surface area contributed by atoms with Crippen molar-refractivity contribution in [3.63, 3.8) is 0 Å². The van der Waals surface area contributed by atoms with E-state index >= 15 is 0 Å². The minimum absolute atomic E-state index is 0.348. The molecule has 130 valence electrons. The van der Waals surface area contributed by atoms with Gasteiger partial charge in [-0.1, -0.05) is 96.8 Å². The summed E-state index contributed by atoms with van der Waals surface area (Å²) in [5.41, 5.74) is 0. The Bertz CT molecular complexity index is 275. The van der Waals surface area contributed by atoms with Gasteiger partial charge in [0, 0.05) is 6.42 Å². The SMILES string of the molecule is CCCCC1CCCC1CCCCCCCCCCC(=O)O. The van der Waals surface area contributed by atoms with Crippen LogP contribution in [-0.4, -0.2) is 11.1 Å². The van der Waals surface area contributed by atoms with Gasteiger partial charge in [-0.05, 0) is 18.3 Å². The fraction of sp³-hybridized carbons (Fsp3) is 0.950. The zero-order valence-corrected chi connectivity index (χ0v) is 14.8. The number of hydrogen-bond donors (Lipinski definition) is 1. The summed E-state index contributed by atoms with van der Waals surface area (Å²) in [6.45, 7) is 2.31. The van der Waals surface area contributed by atoms with Gasteiger partial charge in [-0.25, -0.2) is 0 Å². The largest absolute Gasteiger partial charge is 0.481 e. The number of carboxylic acid groups (broad SMARTS) is 1. The lowest BCUT2D eigenvalue weighted by molar-refractivity contribution is -0.137. The molecular weight excluding hydrogens is 272 g/mol. The number of aliphatic carboxylic acids is 1. The number of rotatable bonds is 14. The topological polar surface area (TPSA) is 37.3 Å². The Balaban J connectivity index is 1.87. The summed E-state index contributed by atoms with van der Waals surface area (Å²) in [5.74, 6) is 1.45. The van der Waals surface area contributed by atoms with Crippen LogP contribution >= 0.6 is 0 Å². The van der Waals surface area contributed by atoms with E-state index in [1.54, 1.807) is 0 Å². The molecule has 0 aromatic heterocycles. The highest BCUT2D eigenvalue weighted by Crippen LogP contribution is 2.38. The van der Waals surface area contributed by atoms with Gasteiger partial charge in [0.05, 0.1) is 0 Å². The molecule has 2 atom stereocenters. The van der Waals surface area contributed by atoms with Crippen LogP contribution in [0.2, 0.25) is 0 Å². The predicted molar refractivity (Wildman–Crippen MR) is 94.2 cm³/mol. The first kappa shape index (κ1) is 19.5. The highest BCUT2D eigenvalue weighted by atomic mass is 16.4. The molecule has 1 aliphatic carbocycles. The van der Waals surface area contributed by atoms with Gasteiger partial charge in [0.2, 0.25) is 0 Å². The Morgan fingerprint density at radius 1 is 0.818 bits per heavy atom. The first-order valence-electron chi connectivity index (χ1n) is 9.95. The summed E-state index contributed by atoms with van der Waals surface area (Å²) < 4.78 is 0. The Hall–Kier alpha value is -0.530. The van der Waals surface area contributed by atoms with Gasteiger partial charge in [-0.2, -0.15) is 0 Å². The third-order valence-electron chi connectivity index (χ3n) is 5.46. The van der Waals surface area contributed by atoms with Gasteiger partial charge in [-0.3, -0.25) is 4.79 Å². The zero-order valence-electron chi connectivity index (χ0n) is 14.8. The van der Waals surface area contributed by atoms with Gasteiger partial charge < -0.3 is 5.11 Å². The van der Waals surface area contributed by atoms with E-state index in [1.165, 1.54) is 83.5 Å². The molecule has 2 heteroatoms. The van der Waals surface area contributed by atoms with Crippen LogP contribution < -0.4 is 0 Å². The molecule has 0 aromatic carbocycles. The Morgan fingerprint density at radius 2 is 1.32 bits per heavy atom. The van der Waals surface area contributed by atoms with Gasteiger partial charge in [0.25, 0.3) is 0 Å². The van der Waals surface area contributed by atoms with Crippen molar-refractivity contribution < 1.29 is 9.90 Å². The molecule has 1 saturated carbocycles. The lowest BCUT2D eigenvalue weighted by Gasteiger charge is -2.19. The maximum absolute atomic E-state index is 10.4. The fourth-order valence-electron chi connectivity index (χ4n) is 4.08. The number of carbonyl (C=O) groups is 1. The quantitative estimate of drug-likeness (QED) is 0.368. The second-order valence-electron chi connectivity index (χ2n) is 7.35. The zero-order chi connectivity index (χ0) is 16.0. The van der Waals surface area contributed by atoms with Gasteiger partial charge in [-0.15, -0.1) is 0 Å². The monoisotopic (exact) mass is 310 g/mol. The molecule has 0 aromatic rings. The van der Waals surface area contributed by atoms with Crippen LogP contribution in [0, 0.1) is 11.8 Å². The summed E-state index contributed by atoms with van der Waals surface area (Å²) in [7, 11) is 0. The Kier molecular flexibility index (Phi) is 11.5. The van der Waals surface area contributed by atoms with Crippen LogP contribution in [0.3, 0.4) is 0 Å². The predicted octanol–water partition coefficient (Wildman–Crippen LogP) is 6.58. The van der Waals surface area contributed by atoms with E-state index in [0.29, 0.717) is 6.42 Å². The molecular formula is C20H38O2. The molecule has 2 unspecified atom stereocenters. The first-order chi connectivity index (χ1) is 10.7. The molecule has 1 aliphatic rings. The average Bonchev–Trinajstić information content (AvgIpc) is 2.94. The van der Waals surface area contributed by atoms with E-state index in [2.05, 4.69) is 6.92 Å². The Morgan fingerprint density at radius 3 is 1.86 bits per heavy atom. The van der Waals surface area contributed by atoms with Crippen molar-refractivity contribution in [1.29, 1.82) is 0 Å². The van der Waals surface area contributed by atoms with Gasteiger partial charge in [0.15, 0.2) is 0 Å². The molecule has 2 nitrogen and oxygen atoms in total. The van der Waals surface area contributed by atoms with E-state index < -0.39 is 5.97 Å². The van der Waals surface area contributed by atoms with Crippen LogP contribution in [0.5, 0.6) is 0 Å². The molecule has 0 amide bonds. The van der Waals surface area contributed by atoms with Crippen molar-refractivity contribution in [2.75, 3.05) is 0 Å². The first-order valence-corrected chi connectivity index (χ1v) is 9.95. The van der Waals surface area contributed by atoms with Crippen LogP contribution in [0.15, 0.2) is 0 Å². The van der Waals surface area contributed by atoms with Crippen molar-refractivity contribution >= 4 is 5.97 Å². The molecule has 22 heavy (non-hydrogen) atoms. The van der Waals surface area contributed by atoms with E-state index in [0.717, 1.165) is 24.7 Å². The van der Waals surface area contributed by atoms with Crippen molar-refractivity contribution in [2.24, 2.45) is 11.8 Å². The van der Waals surface area contributed by atoms with Crippen LogP contribution in [0.25, 0.3) is 0 Å². The van der Waals surface area contributed by atoms with E-state index in [9.17, 15) is 4.79 Å². The normalized spacial score (nSPS) is 21.3. The Labute approximate surface area is 138 Å². The molecule has 0 bridgehead atoms. The van der Waals surface area contributed by atoms with Crippen LogP contribution in [0.4, 0.5) is 0 Å². The molecule has 0 heterocycles. The second kappa shape index (κ2) is 13.0. The summed E-state index contributed by atoms with van der Waals surface area (Å²) in [6.07, 6.45) is 20.6. The smallest absolute Gasteiger partial charge is 0.303 e. The molecule has 0 spiro atoms. The summed E-state index contributed by atoms with van der Waals surface area (Å²) in [5, 5.41) is 8.57. The van der Waals surface area contributed by atoms with Crippen LogP contribution in [-0.2, 0) is 4.79 Å². The molecule has 0 radical (unpaired) electrons. The van der Waals surface area contributed by atoms with Gasteiger partial charge in [0.1, 0.15) is 0 Å². The minimum Gasteiger partial charge on any atom is -0.481 e. The van der Waals surface area contributed by atoms with Gasteiger partial charge >= 0.3 is 5.97 Å². The summed E-state index contributed by atoms with van der Waals surface area (Å²) >= 11 is 0. The summed E-state index contributed by atoms with van der Waals surface area (Å²) in [4.78, 5) is 10.4. The maximum Gasteiger partial charge on any atom is 0.303 e. The number of carboxylic acids is 1. The van der Waals surface area contributed by atoms with E-state index in [4.69, 9.17) is 5.11 Å². The van der Waals surface area contributed by atoms with E-state index in [1.807, 2.05) is 0 Å². The van der Waals surface area contributed by atoms with Crippen molar-refractivity contribution in [1.82, 2.24) is 0 Å². The van der Waals surface area contributed by atoms with Crippen LogP contribution in [0.1, 0.15) is 110 Å². The highest BCUT2D eigenvalue weighted by Gasteiger charge is 2.25.